The van der Waals surface area contributed by atoms with Crippen molar-refractivity contribution in [1.82, 2.24) is 9.80 Å². The van der Waals surface area contributed by atoms with E-state index < -0.39 is 0 Å². The average Bonchev–Trinajstić information content (AvgIpc) is 3.13. The lowest BCUT2D eigenvalue weighted by molar-refractivity contribution is 0.309. The predicted molar refractivity (Wildman–Crippen MR) is 232 cm³/mol. The number of benzene rings is 5. The minimum atomic E-state index is -0.119. The Kier molecular flexibility index (Phi) is 16.9. The summed E-state index contributed by atoms with van der Waals surface area (Å²) >= 11 is 0. The van der Waals surface area contributed by atoms with Gasteiger partial charge in [0.25, 0.3) is 0 Å². The van der Waals surface area contributed by atoms with E-state index in [1.54, 1.807) is 0 Å². The third-order valence-corrected chi connectivity index (χ3v) is 9.25. The van der Waals surface area contributed by atoms with Gasteiger partial charge in [-0.15, -0.1) is 0 Å². The van der Waals surface area contributed by atoms with E-state index in [4.69, 9.17) is 10.4 Å². The van der Waals surface area contributed by atoms with Gasteiger partial charge in [-0.3, -0.25) is 9.80 Å². The second kappa shape index (κ2) is 21.0. The van der Waals surface area contributed by atoms with E-state index in [-0.39, 0.29) is 22.3 Å². The lowest BCUT2D eigenvalue weighted by atomic mass is 9.84. The van der Waals surface area contributed by atoms with Crippen LogP contribution < -0.4 is 0 Å². The second-order valence-corrected chi connectivity index (χ2v) is 16.6. The van der Waals surface area contributed by atoms with Crippen LogP contribution in [0.15, 0.2) is 120 Å². The molecule has 0 aromatic heterocycles. The van der Waals surface area contributed by atoms with Crippen molar-refractivity contribution in [2.45, 2.75) is 92.4 Å². The molecule has 0 radical (unpaired) electrons. The van der Waals surface area contributed by atoms with E-state index in [0.717, 1.165) is 33.4 Å². The van der Waals surface area contributed by atoms with Gasteiger partial charge in [-0.2, -0.15) is 0 Å². The maximum Gasteiger partial charge on any atom is 0.128 e. The van der Waals surface area contributed by atoms with Crippen molar-refractivity contribution >= 4 is 12.4 Å². The van der Waals surface area contributed by atoms with E-state index >= 15 is 0 Å². The van der Waals surface area contributed by atoms with Gasteiger partial charge in [0.05, 0.1) is 12.4 Å². The van der Waals surface area contributed by atoms with Gasteiger partial charge in [-0.1, -0.05) is 160 Å². The van der Waals surface area contributed by atoms with Crippen molar-refractivity contribution in [2.24, 2.45) is 10.3 Å². The lowest BCUT2D eigenvalue weighted by Crippen LogP contribution is -2.20. The number of phenols is 2. The summed E-state index contributed by atoms with van der Waals surface area (Å²) in [5.74, 6) is 0.252. The number of aromatic hydroxyl groups is 2. The molecule has 8 heteroatoms. The molecule has 298 valence electrons. The Hall–Kier alpha value is -5.44. The molecule has 0 spiro atoms. The highest BCUT2D eigenvalue weighted by Crippen LogP contribution is 2.33. The molecular weight excluding hydrogens is 697 g/mol. The Balaban J connectivity index is 0.000000497. The molecule has 0 amide bonds. The lowest BCUT2D eigenvalue weighted by Gasteiger charge is -2.24. The number of nitrogens with zero attached hydrogens (tertiary/aromatic N) is 4. The van der Waals surface area contributed by atoms with E-state index in [9.17, 15) is 10.2 Å². The van der Waals surface area contributed by atoms with Crippen molar-refractivity contribution in [1.29, 1.82) is 0 Å². The fraction of sp³-hybridized carbons (Fsp3) is 0.333. The topological polar surface area (TPSA) is 112 Å². The van der Waals surface area contributed by atoms with Gasteiger partial charge in [0.15, 0.2) is 0 Å². The molecule has 0 bridgehead atoms. The standard InChI is InChI=1S/C34H46N4O4.2C7H8/c1-33(2,3)29-13-25(17-35-41)31(39)27(15-29)21-37(7)19-23-9-11-24(12-10-23)20-38(8)22-28-16-30(34(4,5)6)14-26(18-36-42)32(28)40;2*1-7-5-3-2-4-6-7/h9-18,39-42H,19-22H2,1-8H3;2*2-6H,1H3/b35-17+,36-18+;;. The zero-order valence-corrected chi connectivity index (χ0v) is 35.0. The highest BCUT2D eigenvalue weighted by Gasteiger charge is 2.21. The molecule has 0 aliphatic rings. The third kappa shape index (κ3) is 14.7. The molecule has 0 saturated carbocycles. The monoisotopic (exact) mass is 758 g/mol. The minimum Gasteiger partial charge on any atom is -0.507 e. The molecule has 4 N–H and O–H groups in total. The molecule has 56 heavy (non-hydrogen) atoms. The Labute approximate surface area is 335 Å². The predicted octanol–water partition coefficient (Wildman–Crippen LogP) is 10.6. The Morgan fingerprint density at radius 1 is 0.500 bits per heavy atom. The van der Waals surface area contributed by atoms with E-state index in [1.165, 1.54) is 23.6 Å². The van der Waals surface area contributed by atoms with Crippen molar-refractivity contribution in [3.05, 3.63) is 165 Å². The van der Waals surface area contributed by atoms with Crippen LogP contribution in [0.2, 0.25) is 0 Å². The Morgan fingerprint density at radius 2 is 0.821 bits per heavy atom. The summed E-state index contributed by atoms with van der Waals surface area (Å²) in [5, 5.41) is 46.0. The van der Waals surface area contributed by atoms with Crippen LogP contribution in [-0.4, -0.2) is 57.0 Å². The summed E-state index contributed by atoms with van der Waals surface area (Å²) in [6.07, 6.45) is 2.55. The SMILES string of the molecule is CN(Cc1ccc(CN(C)Cc2cc(C(C)(C)C)cc(/C=N/O)c2O)cc1)Cc1cc(C(C)(C)C)cc(/C=N/O)c1O.Cc1ccccc1.Cc1ccccc1. The van der Waals surface area contributed by atoms with Crippen molar-refractivity contribution in [2.75, 3.05) is 14.1 Å². The number of rotatable bonds is 10. The fourth-order valence-electron chi connectivity index (χ4n) is 6.00. The zero-order chi connectivity index (χ0) is 41.5. The normalized spacial score (nSPS) is 11.8. The first-order valence-electron chi connectivity index (χ1n) is 19.0. The number of phenolic OH excluding ortho intramolecular Hbond substituents is 2. The molecular formula is C48H62N4O4. The zero-order valence-electron chi connectivity index (χ0n) is 35.0. The molecule has 0 fully saturated rings. The average molecular weight is 759 g/mol. The summed E-state index contributed by atoms with van der Waals surface area (Å²) in [5.41, 5.74) is 9.38. The maximum absolute atomic E-state index is 10.8. The molecule has 0 atom stereocenters. The van der Waals surface area contributed by atoms with Crippen LogP contribution in [0.25, 0.3) is 0 Å². The largest absolute Gasteiger partial charge is 0.507 e. The molecule has 0 unspecified atom stereocenters. The summed E-state index contributed by atoms with van der Waals surface area (Å²) < 4.78 is 0. The molecule has 5 aromatic carbocycles. The molecule has 5 rings (SSSR count). The van der Waals surface area contributed by atoms with Gasteiger partial charge in [-0.25, -0.2) is 0 Å². The number of hydrogen-bond donors (Lipinski definition) is 4. The smallest absolute Gasteiger partial charge is 0.128 e. The van der Waals surface area contributed by atoms with Crippen LogP contribution in [0.3, 0.4) is 0 Å². The minimum absolute atomic E-state index is 0.119. The first kappa shape index (κ1) is 45.0. The van der Waals surface area contributed by atoms with Gasteiger partial charge in [0.1, 0.15) is 11.5 Å². The van der Waals surface area contributed by atoms with Crippen LogP contribution in [0.1, 0.15) is 97.2 Å². The first-order valence-corrected chi connectivity index (χ1v) is 19.0. The van der Waals surface area contributed by atoms with Crippen LogP contribution in [-0.2, 0) is 37.0 Å². The number of oxime groups is 2. The van der Waals surface area contributed by atoms with Gasteiger partial charge < -0.3 is 20.6 Å². The quantitative estimate of drug-likeness (QED) is 0.0641. The highest BCUT2D eigenvalue weighted by molar-refractivity contribution is 5.85. The van der Waals surface area contributed by atoms with Gasteiger partial charge >= 0.3 is 0 Å². The summed E-state index contributed by atoms with van der Waals surface area (Å²) in [6, 6.07) is 36.7. The van der Waals surface area contributed by atoms with Gasteiger partial charge in [0.2, 0.25) is 0 Å². The molecule has 0 saturated heterocycles. The summed E-state index contributed by atoms with van der Waals surface area (Å²) in [6.45, 7) is 19.3. The van der Waals surface area contributed by atoms with Crippen LogP contribution in [0.4, 0.5) is 0 Å². The second-order valence-electron chi connectivity index (χ2n) is 16.6. The van der Waals surface area contributed by atoms with Crippen molar-refractivity contribution in [3.63, 3.8) is 0 Å². The fourth-order valence-corrected chi connectivity index (χ4v) is 6.00. The van der Waals surface area contributed by atoms with Gasteiger partial charge in [0, 0.05) is 48.4 Å². The first-order chi connectivity index (χ1) is 26.4. The van der Waals surface area contributed by atoms with Crippen LogP contribution in [0, 0.1) is 13.8 Å². The van der Waals surface area contributed by atoms with E-state index in [2.05, 4.69) is 124 Å². The van der Waals surface area contributed by atoms with Crippen molar-refractivity contribution < 1.29 is 20.6 Å². The highest BCUT2D eigenvalue weighted by atomic mass is 16.4. The van der Waals surface area contributed by atoms with Gasteiger partial charge in [-0.05, 0) is 73.2 Å². The van der Waals surface area contributed by atoms with Crippen LogP contribution >= 0.6 is 0 Å². The molecule has 0 heterocycles. The van der Waals surface area contributed by atoms with Crippen LogP contribution in [0.5, 0.6) is 11.5 Å². The van der Waals surface area contributed by atoms with E-state index in [1.807, 2.05) is 74.8 Å². The maximum atomic E-state index is 10.8. The molecule has 0 aliphatic carbocycles. The Morgan fingerprint density at radius 3 is 1.07 bits per heavy atom. The number of aryl methyl sites for hydroxylation is 2. The number of hydrogen-bond acceptors (Lipinski definition) is 8. The summed E-state index contributed by atoms with van der Waals surface area (Å²) in [4.78, 5) is 4.28. The molecule has 5 aromatic rings. The van der Waals surface area contributed by atoms with Crippen molar-refractivity contribution in [3.8, 4) is 11.5 Å². The molecule has 8 nitrogen and oxygen atoms in total. The Bertz CT molecular complexity index is 1850. The van der Waals surface area contributed by atoms with E-state index in [0.29, 0.717) is 37.3 Å². The molecule has 0 aliphatic heterocycles. The third-order valence-electron chi connectivity index (χ3n) is 9.25. The summed E-state index contributed by atoms with van der Waals surface area (Å²) in [7, 11) is 4.03.